The van der Waals surface area contributed by atoms with E-state index >= 15 is 0 Å². The van der Waals surface area contributed by atoms with E-state index in [-0.39, 0.29) is 0 Å². The summed E-state index contributed by atoms with van der Waals surface area (Å²) in [6, 6.07) is 13.1. The van der Waals surface area contributed by atoms with Gasteiger partial charge >= 0.3 is 0 Å². The third-order valence-electron chi connectivity index (χ3n) is 2.98. The average Bonchev–Trinajstić information content (AvgIpc) is 2.63. The number of fused-ring (bicyclic) bond motifs is 3. The first-order valence-corrected chi connectivity index (χ1v) is 5.62. The maximum absolute atomic E-state index is 4.49. The van der Waals surface area contributed by atoms with Crippen molar-refractivity contribution in [2.75, 3.05) is 0 Å². The standard InChI is InChI=1S/C14H14N2/c1-10(2)16-12-7-4-3-6-11(12)14-13(16)8-5-9-15-14/h3-10H,1-2H3. The van der Waals surface area contributed by atoms with Crippen LogP contribution in [0.4, 0.5) is 0 Å². The molecule has 0 spiro atoms. The molecule has 0 amide bonds. The van der Waals surface area contributed by atoms with Gasteiger partial charge in [0.1, 0.15) is 0 Å². The molecule has 0 fully saturated rings. The molecule has 0 bridgehead atoms. The highest BCUT2D eigenvalue weighted by molar-refractivity contribution is 6.05. The SMILES string of the molecule is CC(C)n1c2ccccc2c2ncccc21. The van der Waals surface area contributed by atoms with Crippen molar-refractivity contribution in [3.8, 4) is 0 Å². The number of pyridine rings is 1. The van der Waals surface area contributed by atoms with Crippen LogP contribution < -0.4 is 0 Å². The van der Waals surface area contributed by atoms with Gasteiger partial charge in [0.25, 0.3) is 0 Å². The number of hydrogen-bond acceptors (Lipinski definition) is 1. The van der Waals surface area contributed by atoms with Crippen LogP contribution in [0.1, 0.15) is 19.9 Å². The molecule has 16 heavy (non-hydrogen) atoms. The Morgan fingerprint density at radius 2 is 1.75 bits per heavy atom. The molecule has 0 aliphatic heterocycles. The second-order valence-electron chi connectivity index (χ2n) is 4.35. The molecular weight excluding hydrogens is 196 g/mol. The zero-order valence-corrected chi connectivity index (χ0v) is 9.51. The molecule has 3 aromatic rings. The maximum Gasteiger partial charge on any atom is 0.0959 e. The lowest BCUT2D eigenvalue weighted by Gasteiger charge is -2.10. The van der Waals surface area contributed by atoms with Crippen LogP contribution in [0.2, 0.25) is 0 Å². The van der Waals surface area contributed by atoms with Crippen LogP contribution in [-0.4, -0.2) is 9.55 Å². The first-order valence-electron chi connectivity index (χ1n) is 5.62. The molecule has 2 aromatic heterocycles. The van der Waals surface area contributed by atoms with Crippen molar-refractivity contribution in [3.63, 3.8) is 0 Å². The normalized spacial score (nSPS) is 11.7. The van der Waals surface area contributed by atoms with Crippen molar-refractivity contribution in [1.29, 1.82) is 0 Å². The minimum Gasteiger partial charge on any atom is -0.337 e. The summed E-state index contributed by atoms with van der Waals surface area (Å²) in [6.07, 6.45) is 1.86. The van der Waals surface area contributed by atoms with Gasteiger partial charge in [0.05, 0.1) is 16.6 Å². The summed E-state index contributed by atoms with van der Waals surface area (Å²) in [4.78, 5) is 4.49. The summed E-state index contributed by atoms with van der Waals surface area (Å²) in [5, 5.41) is 1.24. The van der Waals surface area contributed by atoms with E-state index < -0.39 is 0 Å². The molecule has 0 unspecified atom stereocenters. The summed E-state index contributed by atoms with van der Waals surface area (Å²) in [5.74, 6) is 0. The van der Waals surface area contributed by atoms with Crippen molar-refractivity contribution in [2.45, 2.75) is 19.9 Å². The molecule has 0 aliphatic carbocycles. The molecule has 0 saturated carbocycles. The van der Waals surface area contributed by atoms with Crippen molar-refractivity contribution in [2.24, 2.45) is 0 Å². The number of hydrogen-bond donors (Lipinski definition) is 0. The molecule has 2 nitrogen and oxygen atoms in total. The molecular formula is C14H14N2. The number of rotatable bonds is 1. The molecule has 80 valence electrons. The van der Waals surface area contributed by atoms with Crippen LogP contribution in [0.15, 0.2) is 42.6 Å². The van der Waals surface area contributed by atoms with Crippen molar-refractivity contribution in [3.05, 3.63) is 42.6 Å². The predicted molar refractivity (Wildman–Crippen MR) is 67.6 cm³/mol. The monoisotopic (exact) mass is 210 g/mol. The third-order valence-corrected chi connectivity index (χ3v) is 2.98. The molecule has 0 N–H and O–H groups in total. The van der Waals surface area contributed by atoms with Crippen molar-refractivity contribution < 1.29 is 0 Å². The smallest absolute Gasteiger partial charge is 0.0959 e. The van der Waals surface area contributed by atoms with Crippen LogP contribution in [0, 0.1) is 0 Å². The largest absolute Gasteiger partial charge is 0.337 e. The third kappa shape index (κ3) is 1.16. The summed E-state index contributed by atoms with van der Waals surface area (Å²) in [7, 11) is 0. The van der Waals surface area contributed by atoms with E-state index in [2.05, 4.69) is 53.7 Å². The Morgan fingerprint density at radius 3 is 2.56 bits per heavy atom. The van der Waals surface area contributed by atoms with Crippen LogP contribution in [0.5, 0.6) is 0 Å². The Kier molecular flexibility index (Phi) is 1.96. The minimum absolute atomic E-state index is 0.451. The van der Waals surface area contributed by atoms with Gasteiger partial charge in [-0.3, -0.25) is 4.98 Å². The van der Waals surface area contributed by atoms with E-state index in [9.17, 15) is 0 Å². The highest BCUT2D eigenvalue weighted by Gasteiger charge is 2.11. The molecule has 0 atom stereocenters. The van der Waals surface area contributed by atoms with Gasteiger partial charge in [-0.25, -0.2) is 0 Å². The summed E-state index contributed by atoms with van der Waals surface area (Å²) in [6.45, 7) is 4.41. The van der Waals surface area contributed by atoms with Gasteiger partial charge in [-0.1, -0.05) is 18.2 Å². The molecule has 0 saturated heterocycles. The fourth-order valence-electron chi connectivity index (χ4n) is 2.37. The predicted octanol–water partition coefficient (Wildman–Crippen LogP) is 3.77. The second-order valence-corrected chi connectivity index (χ2v) is 4.35. The van der Waals surface area contributed by atoms with E-state index in [1.807, 2.05) is 12.3 Å². The van der Waals surface area contributed by atoms with E-state index in [0.717, 1.165) is 5.52 Å². The molecule has 2 heteroatoms. The highest BCUT2D eigenvalue weighted by atomic mass is 15.0. The topological polar surface area (TPSA) is 17.8 Å². The minimum atomic E-state index is 0.451. The number of aromatic nitrogens is 2. The van der Waals surface area contributed by atoms with Crippen LogP contribution in [0.3, 0.4) is 0 Å². The van der Waals surface area contributed by atoms with Crippen molar-refractivity contribution in [1.82, 2.24) is 9.55 Å². The molecule has 0 radical (unpaired) electrons. The van der Waals surface area contributed by atoms with Gasteiger partial charge in [-0.15, -0.1) is 0 Å². The van der Waals surface area contributed by atoms with E-state index in [1.165, 1.54) is 16.4 Å². The van der Waals surface area contributed by atoms with Crippen LogP contribution in [-0.2, 0) is 0 Å². The lowest BCUT2D eigenvalue weighted by Crippen LogP contribution is -1.99. The van der Waals surface area contributed by atoms with Crippen LogP contribution >= 0.6 is 0 Å². The number of para-hydroxylation sites is 1. The zero-order valence-electron chi connectivity index (χ0n) is 9.51. The summed E-state index contributed by atoms with van der Waals surface area (Å²) >= 11 is 0. The molecule has 0 aliphatic rings. The summed E-state index contributed by atoms with van der Waals surface area (Å²) < 4.78 is 2.34. The lowest BCUT2D eigenvalue weighted by atomic mass is 10.2. The van der Waals surface area contributed by atoms with E-state index in [4.69, 9.17) is 0 Å². The van der Waals surface area contributed by atoms with Gasteiger partial charge in [-0.05, 0) is 32.0 Å². The van der Waals surface area contributed by atoms with Crippen LogP contribution in [0.25, 0.3) is 21.9 Å². The first-order chi connectivity index (χ1) is 7.79. The maximum atomic E-state index is 4.49. The summed E-state index contributed by atoms with van der Waals surface area (Å²) in [5.41, 5.74) is 3.59. The first kappa shape index (κ1) is 9.40. The van der Waals surface area contributed by atoms with Gasteiger partial charge in [0.15, 0.2) is 0 Å². The molecule has 3 rings (SSSR count). The Bertz CT molecular complexity index is 597. The highest BCUT2D eigenvalue weighted by Crippen LogP contribution is 2.29. The lowest BCUT2D eigenvalue weighted by molar-refractivity contribution is 0.642. The molecule has 1 aromatic carbocycles. The number of nitrogens with zero attached hydrogens (tertiary/aromatic N) is 2. The van der Waals surface area contributed by atoms with Gasteiger partial charge < -0.3 is 4.57 Å². The Balaban J connectivity index is 2.59. The molecule has 2 heterocycles. The Morgan fingerprint density at radius 1 is 1.00 bits per heavy atom. The quantitative estimate of drug-likeness (QED) is 0.597. The van der Waals surface area contributed by atoms with E-state index in [0.29, 0.717) is 6.04 Å². The van der Waals surface area contributed by atoms with E-state index in [1.54, 1.807) is 0 Å². The van der Waals surface area contributed by atoms with Crippen molar-refractivity contribution >= 4 is 21.9 Å². The fraction of sp³-hybridized carbons (Fsp3) is 0.214. The second kappa shape index (κ2) is 3.34. The Hall–Kier alpha value is -1.83. The Labute approximate surface area is 94.5 Å². The zero-order chi connectivity index (χ0) is 11.1. The van der Waals surface area contributed by atoms with Gasteiger partial charge in [-0.2, -0.15) is 0 Å². The average molecular weight is 210 g/mol. The van der Waals surface area contributed by atoms with Gasteiger partial charge in [0.2, 0.25) is 0 Å². The van der Waals surface area contributed by atoms with Gasteiger partial charge in [0, 0.05) is 17.6 Å². The fourth-order valence-corrected chi connectivity index (χ4v) is 2.37. The number of benzene rings is 1.